The molecule has 0 aliphatic heterocycles. The summed E-state index contributed by atoms with van der Waals surface area (Å²) in [5, 5.41) is 20.5. The molecule has 1 aromatic rings. The van der Waals surface area contributed by atoms with Crippen LogP contribution in [0.3, 0.4) is 0 Å². The van der Waals surface area contributed by atoms with Gasteiger partial charge in [-0.1, -0.05) is 19.3 Å². The van der Waals surface area contributed by atoms with Gasteiger partial charge in [-0.25, -0.2) is 0 Å². The molecule has 0 amide bonds. The van der Waals surface area contributed by atoms with Crippen molar-refractivity contribution in [3.05, 3.63) is 22.2 Å². The van der Waals surface area contributed by atoms with Crippen LogP contribution in [0.1, 0.15) is 50.6 Å². The monoisotopic (exact) mass is 357 g/mol. The molecule has 4 nitrogen and oxygen atoms in total. The standard InChI is InChI=1S/C16H24BrNO3/c1-2-21-13-9-11(8-12(17)16(13)20)14(18)15(19)10-6-4-3-5-7-10/h8-10,14-15,19-20H,2-7,18H2,1H3/t14-,15+/m0/s1. The van der Waals surface area contributed by atoms with E-state index in [1.54, 1.807) is 12.1 Å². The number of phenols is 1. The average molecular weight is 358 g/mol. The second-order valence-electron chi connectivity index (χ2n) is 5.70. The van der Waals surface area contributed by atoms with Crippen LogP contribution in [-0.4, -0.2) is 22.9 Å². The lowest BCUT2D eigenvalue weighted by molar-refractivity contribution is 0.0617. The van der Waals surface area contributed by atoms with Gasteiger partial charge in [-0.2, -0.15) is 0 Å². The van der Waals surface area contributed by atoms with E-state index in [9.17, 15) is 10.2 Å². The molecule has 0 saturated heterocycles. The molecule has 1 aromatic carbocycles. The van der Waals surface area contributed by atoms with Gasteiger partial charge in [0.15, 0.2) is 11.5 Å². The SMILES string of the molecule is CCOc1cc([C@H](N)[C@H](O)C2CCCCC2)cc(Br)c1O. The van der Waals surface area contributed by atoms with Crippen molar-refractivity contribution in [3.8, 4) is 11.5 Å². The molecule has 1 aliphatic rings. The van der Waals surface area contributed by atoms with Crippen LogP contribution in [0.15, 0.2) is 16.6 Å². The third-order valence-electron chi connectivity index (χ3n) is 4.24. The minimum absolute atomic E-state index is 0.0694. The van der Waals surface area contributed by atoms with Gasteiger partial charge in [-0.15, -0.1) is 0 Å². The van der Waals surface area contributed by atoms with Gasteiger partial charge >= 0.3 is 0 Å². The van der Waals surface area contributed by atoms with Crippen molar-refractivity contribution in [1.82, 2.24) is 0 Å². The van der Waals surface area contributed by atoms with E-state index < -0.39 is 12.1 Å². The zero-order valence-electron chi connectivity index (χ0n) is 12.4. The van der Waals surface area contributed by atoms with Crippen molar-refractivity contribution in [2.24, 2.45) is 11.7 Å². The van der Waals surface area contributed by atoms with Gasteiger partial charge in [0, 0.05) is 0 Å². The molecule has 1 fully saturated rings. The lowest BCUT2D eigenvalue weighted by Gasteiger charge is -2.30. The second-order valence-corrected chi connectivity index (χ2v) is 6.55. The maximum Gasteiger partial charge on any atom is 0.172 e. The Hall–Kier alpha value is -0.780. The van der Waals surface area contributed by atoms with Gasteiger partial charge in [-0.3, -0.25) is 0 Å². The fraction of sp³-hybridized carbons (Fsp3) is 0.625. The Labute approximate surface area is 134 Å². The number of nitrogens with two attached hydrogens (primary N) is 1. The van der Waals surface area contributed by atoms with Crippen LogP contribution in [0.25, 0.3) is 0 Å². The largest absolute Gasteiger partial charge is 0.503 e. The van der Waals surface area contributed by atoms with Crippen molar-refractivity contribution in [2.75, 3.05) is 6.61 Å². The Kier molecular flexibility index (Phi) is 5.90. The maximum atomic E-state index is 10.5. The van der Waals surface area contributed by atoms with E-state index in [4.69, 9.17) is 10.5 Å². The minimum atomic E-state index is -0.559. The molecule has 1 aliphatic carbocycles. The van der Waals surface area contributed by atoms with Gasteiger partial charge in [-0.05, 0) is 59.3 Å². The van der Waals surface area contributed by atoms with Gasteiger partial charge in [0.2, 0.25) is 0 Å². The number of hydrogen-bond donors (Lipinski definition) is 3. The Bertz CT molecular complexity index is 475. The summed E-state index contributed by atoms with van der Waals surface area (Å²) in [4.78, 5) is 0. The molecule has 0 bridgehead atoms. The summed E-state index contributed by atoms with van der Waals surface area (Å²) in [6.45, 7) is 2.32. The first-order chi connectivity index (χ1) is 10.0. The Morgan fingerprint density at radius 2 is 2.00 bits per heavy atom. The van der Waals surface area contributed by atoms with Crippen LogP contribution in [0.5, 0.6) is 11.5 Å². The van der Waals surface area contributed by atoms with Crippen LogP contribution in [0.4, 0.5) is 0 Å². The minimum Gasteiger partial charge on any atom is -0.503 e. The number of aromatic hydroxyl groups is 1. The van der Waals surface area contributed by atoms with Crippen molar-refractivity contribution >= 4 is 15.9 Å². The highest BCUT2D eigenvalue weighted by Gasteiger charge is 2.28. The first-order valence-corrected chi connectivity index (χ1v) is 8.42. The molecular formula is C16H24BrNO3. The van der Waals surface area contributed by atoms with Crippen LogP contribution >= 0.6 is 15.9 Å². The molecule has 0 unspecified atom stereocenters. The second kappa shape index (κ2) is 7.47. The van der Waals surface area contributed by atoms with E-state index in [2.05, 4.69) is 15.9 Å². The van der Waals surface area contributed by atoms with Crippen molar-refractivity contribution in [2.45, 2.75) is 51.2 Å². The molecule has 2 rings (SSSR count). The number of phenolic OH excluding ortho intramolecular Hbond substituents is 1. The first kappa shape index (κ1) is 16.6. The molecule has 1 saturated carbocycles. The van der Waals surface area contributed by atoms with E-state index in [1.165, 1.54) is 6.42 Å². The number of rotatable bonds is 5. The number of aliphatic hydroxyl groups is 1. The highest BCUT2D eigenvalue weighted by Crippen LogP contribution is 2.39. The molecular weight excluding hydrogens is 334 g/mol. The summed E-state index contributed by atoms with van der Waals surface area (Å²) in [5.41, 5.74) is 7.02. The van der Waals surface area contributed by atoms with Crippen molar-refractivity contribution in [1.29, 1.82) is 0 Å². The average Bonchev–Trinajstić information content (AvgIpc) is 2.51. The van der Waals surface area contributed by atoms with E-state index in [0.29, 0.717) is 16.8 Å². The molecule has 118 valence electrons. The molecule has 21 heavy (non-hydrogen) atoms. The fourth-order valence-electron chi connectivity index (χ4n) is 3.02. The Balaban J connectivity index is 2.19. The quantitative estimate of drug-likeness (QED) is 0.753. The molecule has 2 atom stereocenters. The molecule has 0 aromatic heterocycles. The van der Waals surface area contributed by atoms with Gasteiger partial charge in [0.05, 0.1) is 23.2 Å². The lowest BCUT2D eigenvalue weighted by atomic mass is 9.81. The third kappa shape index (κ3) is 3.90. The summed E-state index contributed by atoms with van der Waals surface area (Å²) in [7, 11) is 0. The van der Waals surface area contributed by atoms with E-state index >= 15 is 0 Å². The first-order valence-electron chi connectivity index (χ1n) is 7.63. The molecule has 5 heteroatoms. The van der Waals surface area contributed by atoms with Gasteiger partial charge < -0.3 is 20.7 Å². The zero-order valence-corrected chi connectivity index (χ0v) is 14.0. The van der Waals surface area contributed by atoms with Crippen LogP contribution in [0, 0.1) is 5.92 Å². The van der Waals surface area contributed by atoms with Crippen LogP contribution in [-0.2, 0) is 0 Å². The smallest absolute Gasteiger partial charge is 0.172 e. The third-order valence-corrected chi connectivity index (χ3v) is 4.84. The predicted octanol–water partition coefficient (Wildman–Crippen LogP) is 3.49. The highest BCUT2D eigenvalue weighted by molar-refractivity contribution is 9.10. The number of aliphatic hydroxyl groups excluding tert-OH is 1. The lowest BCUT2D eigenvalue weighted by Crippen LogP contribution is -2.34. The van der Waals surface area contributed by atoms with Crippen molar-refractivity contribution in [3.63, 3.8) is 0 Å². The van der Waals surface area contributed by atoms with Crippen LogP contribution < -0.4 is 10.5 Å². The van der Waals surface area contributed by atoms with Crippen LogP contribution in [0.2, 0.25) is 0 Å². The summed E-state index contributed by atoms with van der Waals surface area (Å²) in [6, 6.07) is 3.01. The number of hydrogen-bond acceptors (Lipinski definition) is 4. The van der Waals surface area contributed by atoms with E-state index in [0.717, 1.165) is 31.2 Å². The fourth-order valence-corrected chi connectivity index (χ4v) is 3.48. The molecule has 0 radical (unpaired) electrons. The topological polar surface area (TPSA) is 75.7 Å². The summed E-state index contributed by atoms with van der Waals surface area (Å²) in [5.74, 6) is 0.727. The Morgan fingerprint density at radius 1 is 1.33 bits per heavy atom. The number of benzene rings is 1. The number of ether oxygens (including phenoxy) is 1. The summed E-state index contributed by atoms with van der Waals surface area (Å²) in [6.07, 6.45) is 5.09. The van der Waals surface area contributed by atoms with Gasteiger partial charge in [0.1, 0.15) is 0 Å². The predicted molar refractivity (Wildman–Crippen MR) is 86.5 cm³/mol. The molecule has 0 spiro atoms. The van der Waals surface area contributed by atoms with Crippen molar-refractivity contribution < 1.29 is 14.9 Å². The molecule has 0 heterocycles. The van der Waals surface area contributed by atoms with Gasteiger partial charge in [0.25, 0.3) is 0 Å². The number of halogens is 1. The van der Waals surface area contributed by atoms with E-state index in [1.807, 2.05) is 6.92 Å². The summed E-state index contributed by atoms with van der Waals surface area (Å²) >= 11 is 3.31. The van der Waals surface area contributed by atoms with E-state index in [-0.39, 0.29) is 11.7 Å². The normalized spacial score (nSPS) is 19.2. The summed E-state index contributed by atoms with van der Waals surface area (Å²) < 4.78 is 5.95. The Morgan fingerprint density at radius 3 is 2.62 bits per heavy atom. The molecule has 4 N–H and O–H groups in total. The maximum absolute atomic E-state index is 10.5. The highest BCUT2D eigenvalue weighted by atomic mass is 79.9. The zero-order chi connectivity index (χ0) is 15.4.